The molecule has 0 saturated heterocycles. The number of carbonyl (C=O) groups excluding carboxylic acids is 2. The molecule has 2 aromatic carbocycles. The molecule has 0 aromatic heterocycles. The van der Waals surface area contributed by atoms with Gasteiger partial charge in [-0.2, -0.15) is 0 Å². The second kappa shape index (κ2) is 11.7. The third kappa shape index (κ3) is 6.59. The number of nitrogens with zero attached hydrogens (tertiary/aromatic N) is 1. The van der Waals surface area contributed by atoms with Gasteiger partial charge < -0.3 is 15.0 Å². The standard InChI is InChI=1S/C27H36N2O3/c1-4-24(27(31)28-23-11-6-5-7-12-23)29(18-22-16-14-20(2)15-17-22)26(30)19-32-25-13-9-8-10-21(25)3/h8-10,13-17,23-24H,4-7,11-12,18-19H2,1-3H3,(H,28,31)/t24-/m0/s1. The molecule has 5 nitrogen and oxygen atoms in total. The number of para-hydroxylation sites is 1. The molecule has 0 spiro atoms. The smallest absolute Gasteiger partial charge is 0.261 e. The predicted molar refractivity (Wildman–Crippen MR) is 127 cm³/mol. The van der Waals surface area contributed by atoms with Gasteiger partial charge in [0.15, 0.2) is 6.61 Å². The van der Waals surface area contributed by atoms with E-state index in [1.54, 1.807) is 4.90 Å². The van der Waals surface area contributed by atoms with Crippen molar-refractivity contribution in [2.45, 2.75) is 77.9 Å². The number of hydrogen-bond donors (Lipinski definition) is 1. The number of hydrogen-bond acceptors (Lipinski definition) is 3. The van der Waals surface area contributed by atoms with Crippen molar-refractivity contribution in [2.24, 2.45) is 0 Å². The zero-order valence-corrected chi connectivity index (χ0v) is 19.6. The Balaban J connectivity index is 1.75. The van der Waals surface area contributed by atoms with Crippen LogP contribution in [0, 0.1) is 13.8 Å². The summed E-state index contributed by atoms with van der Waals surface area (Å²) < 4.78 is 5.84. The molecule has 0 bridgehead atoms. The number of ether oxygens (including phenoxy) is 1. The van der Waals surface area contributed by atoms with Crippen LogP contribution in [0.4, 0.5) is 0 Å². The first-order valence-corrected chi connectivity index (χ1v) is 11.8. The molecule has 5 heteroatoms. The predicted octanol–water partition coefficient (Wildman–Crippen LogP) is 4.94. The maximum atomic E-state index is 13.3. The topological polar surface area (TPSA) is 58.6 Å². The highest BCUT2D eigenvalue weighted by Gasteiger charge is 2.30. The summed E-state index contributed by atoms with van der Waals surface area (Å²) in [4.78, 5) is 28.2. The van der Waals surface area contributed by atoms with E-state index in [0.717, 1.165) is 42.4 Å². The summed E-state index contributed by atoms with van der Waals surface area (Å²) in [5.41, 5.74) is 3.15. The van der Waals surface area contributed by atoms with Crippen molar-refractivity contribution in [1.29, 1.82) is 0 Å². The fourth-order valence-corrected chi connectivity index (χ4v) is 4.29. The van der Waals surface area contributed by atoms with Gasteiger partial charge in [0.05, 0.1) is 0 Å². The normalized spacial score (nSPS) is 15.1. The summed E-state index contributed by atoms with van der Waals surface area (Å²) in [6.07, 6.45) is 6.13. The fourth-order valence-electron chi connectivity index (χ4n) is 4.29. The average Bonchev–Trinajstić information content (AvgIpc) is 2.80. The van der Waals surface area contributed by atoms with Crippen molar-refractivity contribution in [3.8, 4) is 5.75 Å². The van der Waals surface area contributed by atoms with Crippen LogP contribution in [-0.4, -0.2) is 35.4 Å². The summed E-state index contributed by atoms with van der Waals surface area (Å²) in [5, 5.41) is 3.21. The van der Waals surface area contributed by atoms with Gasteiger partial charge in [-0.15, -0.1) is 0 Å². The minimum absolute atomic E-state index is 0.0595. The first-order valence-electron chi connectivity index (χ1n) is 11.8. The molecule has 0 unspecified atom stereocenters. The largest absolute Gasteiger partial charge is 0.484 e. The van der Waals surface area contributed by atoms with E-state index in [2.05, 4.69) is 5.32 Å². The molecule has 0 heterocycles. The van der Waals surface area contributed by atoms with Gasteiger partial charge in [-0.05, 0) is 50.3 Å². The van der Waals surface area contributed by atoms with E-state index in [1.165, 1.54) is 6.42 Å². The molecule has 0 aliphatic heterocycles. The van der Waals surface area contributed by atoms with Crippen molar-refractivity contribution in [3.63, 3.8) is 0 Å². The Morgan fingerprint density at radius 3 is 2.38 bits per heavy atom. The van der Waals surface area contributed by atoms with Crippen molar-refractivity contribution < 1.29 is 14.3 Å². The minimum atomic E-state index is -0.522. The highest BCUT2D eigenvalue weighted by molar-refractivity contribution is 5.88. The number of aryl methyl sites for hydroxylation is 2. The maximum Gasteiger partial charge on any atom is 0.261 e. The quantitative estimate of drug-likeness (QED) is 0.606. The number of amides is 2. The Bertz CT molecular complexity index is 888. The second-order valence-corrected chi connectivity index (χ2v) is 8.83. The zero-order valence-electron chi connectivity index (χ0n) is 19.6. The van der Waals surface area contributed by atoms with Crippen molar-refractivity contribution in [1.82, 2.24) is 10.2 Å². The lowest BCUT2D eigenvalue weighted by atomic mass is 9.95. The monoisotopic (exact) mass is 436 g/mol. The van der Waals surface area contributed by atoms with Crippen LogP contribution in [0.25, 0.3) is 0 Å². The van der Waals surface area contributed by atoms with Gasteiger partial charge in [-0.1, -0.05) is 74.2 Å². The number of carbonyl (C=O) groups is 2. The molecule has 1 saturated carbocycles. The van der Waals surface area contributed by atoms with E-state index in [0.29, 0.717) is 18.7 Å². The first kappa shape index (κ1) is 23.8. The molecular formula is C27H36N2O3. The molecule has 2 amide bonds. The molecule has 172 valence electrons. The first-order chi connectivity index (χ1) is 15.5. The van der Waals surface area contributed by atoms with Crippen LogP contribution in [0.1, 0.15) is 62.1 Å². The van der Waals surface area contributed by atoms with Crippen LogP contribution in [-0.2, 0) is 16.1 Å². The Labute approximate surface area is 192 Å². The van der Waals surface area contributed by atoms with Gasteiger partial charge in [-0.25, -0.2) is 0 Å². The van der Waals surface area contributed by atoms with Crippen molar-refractivity contribution in [3.05, 3.63) is 65.2 Å². The number of benzene rings is 2. The summed E-state index contributed by atoms with van der Waals surface area (Å²) in [7, 11) is 0. The summed E-state index contributed by atoms with van der Waals surface area (Å²) in [5.74, 6) is 0.450. The third-order valence-electron chi connectivity index (χ3n) is 6.26. The summed E-state index contributed by atoms with van der Waals surface area (Å²) >= 11 is 0. The van der Waals surface area contributed by atoms with E-state index in [4.69, 9.17) is 4.74 Å². The molecular weight excluding hydrogens is 400 g/mol. The lowest BCUT2D eigenvalue weighted by molar-refractivity contribution is -0.143. The van der Waals surface area contributed by atoms with E-state index < -0.39 is 6.04 Å². The van der Waals surface area contributed by atoms with Gasteiger partial charge >= 0.3 is 0 Å². The molecule has 1 aliphatic rings. The van der Waals surface area contributed by atoms with Crippen LogP contribution in [0.5, 0.6) is 5.75 Å². The highest BCUT2D eigenvalue weighted by atomic mass is 16.5. The van der Waals surface area contributed by atoms with E-state index >= 15 is 0 Å². The third-order valence-corrected chi connectivity index (χ3v) is 6.26. The van der Waals surface area contributed by atoms with Gasteiger partial charge in [-0.3, -0.25) is 9.59 Å². The van der Waals surface area contributed by atoms with Crippen LogP contribution in [0.2, 0.25) is 0 Å². The van der Waals surface area contributed by atoms with Crippen molar-refractivity contribution in [2.75, 3.05) is 6.61 Å². The van der Waals surface area contributed by atoms with E-state index in [9.17, 15) is 9.59 Å². The lowest BCUT2D eigenvalue weighted by Crippen LogP contribution is -2.52. The molecule has 3 rings (SSSR count). The highest BCUT2D eigenvalue weighted by Crippen LogP contribution is 2.20. The Kier molecular flexibility index (Phi) is 8.72. The van der Waals surface area contributed by atoms with Crippen LogP contribution in [0.3, 0.4) is 0 Å². The fraction of sp³-hybridized carbons (Fsp3) is 0.481. The minimum Gasteiger partial charge on any atom is -0.484 e. The second-order valence-electron chi connectivity index (χ2n) is 8.83. The van der Waals surface area contributed by atoms with Crippen LogP contribution >= 0.6 is 0 Å². The summed E-state index contributed by atoms with van der Waals surface area (Å²) in [6.45, 7) is 6.24. The molecule has 1 fully saturated rings. The van der Waals surface area contributed by atoms with Gasteiger partial charge in [0.1, 0.15) is 11.8 Å². The van der Waals surface area contributed by atoms with Crippen LogP contribution < -0.4 is 10.1 Å². The van der Waals surface area contributed by atoms with Crippen molar-refractivity contribution >= 4 is 11.8 Å². The van der Waals surface area contributed by atoms with Gasteiger partial charge in [0.2, 0.25) is 5.91 Å². The molecule has 1 N–H and O–H groups in total. The Morgan fingerprint density at radius 1 is 1.03 bits per heavy atom. The Hall–Kier alpha value is -2.82. The number of nitrogens with one attached hydrogen (secondary N) is 1. The number of rotatable bonds is 9. The Morgan fingerprint density at radius 2 is 1.72 bits per heavy atom. The SMILES string of the molecule is CC[C@@H](C(=O)NC1CCCCC1)N(Cc1ccc(C)cc1)C(=O)COc1ccccc1C. The van der Waals surface area contributed by atoms with Gasteiger partial charge in [0.25, 0.3) is 5.91 Å². The van der Waals surface area contributed by atoms with Crippen LogP contribution in [0.15, 0.2) is 48.5 Å². The van der Waals surface area contributed by atoms with E-state index in [1.807, 2.05) is 69.3 Å². The molecule has 2 aromatic rings. The molecule has 0 radical (unpaired) electrons. The van der Waals surface area contributed by atoms with E-state index in [-0.39, 0.29) is 24.5 Å². The maximum absolute atomic E-state index is 13.3. The molecule has 1 atom stereocenters. The molecule has 32 heavy (non-hydrogen) atoms. The lowest BCUT2D eigenvalue weighted by Gasteiger charge is -2.32. The average molecular weight is 437 g/mol. The molecule has 1 aliphatic carbocycles. The van der Waals surface area contributed by atoms with Gasteiger partial charge in [0, 0.05) is 12.6 Å². The summed E-state index contributed by atoms with van der Waals surface area (Å²) in [6, 6.07) is 15.4. The zero-order chi connectivity index (χ0) is 22.9.